The van der Waals surface area contributed by atoms with E-state index < -0.39 is 11.4 Å². The van der Waals surface area contributed by atoms with Crippen LogP contribution < -0.4 is 0 Å². The van der Waals surface area contributed by atoms with Crippen molar-refractivity contribution >= 4 is 17.3 Å². The topological polar surface area (TPSA) is 40.5 Å². The van der Waals surface area contributed by atoms with Crippen LogP contribution in [0.4, 0.5) is 0 Å². The van der Waals surface area contributed by atoms with E-state index >= 15 is 0 Å². The van der Waals surface area contributed by atoms with Gasteiger partial charge < -0.3 is 10.0 Å². The third-order valence-electron chi connectivity index (χ3n) is 3.02. The van der Waals surface area contributed by atoms with Crippen molar-refractivity contribution in [1.29, 1.82) is 0 Å². The Bertz CT molecular complexity index is 346. The number of rotatable bonds is 7. The summed E-state index contributed by atoms with van der Waals surface area (Å²) in [6, 6.07) is 4.20. The molecule has 0 saturated heterocycles. The summed E-state index contributed by atoms with van der Waals surface area (Å²) >= 11 is 1.77. The fourth-order valence-corrected chi connectivity index (χ4v) is 2.14. The SMILES string of the molecule is CN(CCc1cccs1)CCC(C)(C)C(=O)O. The molecular formula is C13H21NO2S. The Morgan fingerprint density at radius 3 is 2.71 bits per heavy atom. The summed E-state index contributed by atoms with van der Waals surface area (Å²) < 4.78 is 0. The van der Waals surface area contributed by atoms with Crippen molar-refractivity contribution in [3.8, 4) is 0 Å². The second kappa shape index (κ2) is 6.17. The lowest BCUT2D eigenvalue weighted by molar-refractivity contribution is -0.147. The fraction of sp³-hybridized carbons (Fsp3) is 0.615. The van der Waals surface area contributed by atoms with Gasteiger partial charge in [-0.2, -0.15) is 0 Å². The van der Waals surface area contributed by atoms with Gasteiger partial charge in [-0.1, -0.05) is 6.07 Å². The summed E-state index contributed by atoms with van der Waals surface area (Å²) in [5.41, 5.74) is -0.628. The van der Waals surface area contributed by atoms with Crippen LogP contribution in [0.5, 0.6) is 0 Å². The molecule has 0 spiro atoms. The second-order valence-electron chi connectivity index (χ2n) is 5.07. The van der Waals surface area contributed by atoms with Gasteiger partial charge in [-0.15, -0.1) is 11.3 Å². The van der Waals surface area contributed by atoms with Crippen molar-refractivity contribution in [3.63, 3.8) is 0 Å². The van der Waals surface area contributed by atoms with Gasteiger partial charge in [-0.25, -0.2) is 0 Å². The van der Waals surface area contributed by atoms with Crippen LogP contribution in [0.3, 0.4) is 0 Å². The molecule has 1 heterocycles. The zero-order valence-corrected chi connectivity index (χ0v) is 11.6. The molecule has 17 heavy (non-hydrogen) atoms. The first kappa shape index (κ1) is 14.2. The molecule has 1 aromatic rings. The first-order valence-electron chi connectivity index (χ1n) is 5.86. The zero-order valence-electron chi connectivity index (χ0n) is 10.8. The molecule has 0 aliphatic rings. The summed E-state index contributed by atoms with van der Waals surface area (Å²) in [4.78, 5) is 14.5. The molecule has 0 aliphatic heterocycles. The Morgan fingerprint density at radius 2 is 2.18 bits per heavy atom. The van der Waals surface area contributed by atoms with Crippen molar-refractivity contribution in [3.05, 3.63) is 22.4 Å². The minimum atomic E-state index is -0.718. The highest BCUT2D eigenvalue weighted by Crippen LogP contribution is 2.20. The molecule has 0 bridgehead atoms. The van der Waals surface area contributed by atoms with Crippen LogP contribution in [-0.2, 0) is 11.2 Å². The zero-order chi connectivity index (χ0) is 12.9. The Balaban J connectivity index is 2.26. The number of hydrogen-bond donors (Lipinski definition) is 1. The number of aliphatic carboxylic acids is 1. The van der Waals surface area contributed by atoms with E-state index in [0.717, 1.165) is 19.5 Å². The molecule has 0 aliphatic carbocycles. The first-order chi connectivity index (χ1) is 7.92. The molecule has 1 N–H and O–H groups in total. The lowest BCUT2D eigenvalue weighted by Crippen LogP contribution is -2.31. The molecule has 1 aromatic heterocycles. The molecule has 0 saturated carbocycles. The summed E-state index contributed by atoms with van der Waals surface area (Å²) in [6.07, 6.45) is 1.73. The van der Waals surface area contributed by atoms with Crippen molar-refractivity contribution < 1.29 is 9.90 Å². The summed E-state index contributed by atoms with van der Waals surface area (Å²) in [6.45, 7) is 5.37. The standard InChI is InChI=1S/C13H21NO2S/c1-13(2,12(15)16)7-9-14(3)8-6-11-5-4-10-17-11/h4-5,10H,6-9H2,1-3H3,(H,15,16). The predicted molar refractivity (Wildman–Crippen MR) is 71.6 cm³/mol. The van der Waals surface area contributed by atoms with Crippen LogP contribution in [0.1, 0.15) is 25.1 Å². The molecule has 96 valence electrons. The Labute approximate surface area is 107 Å². The molecule has 0 atom stereocenters. The Kier molecular flexibility index (Phi) is 5.15. The van der Waals surface area contributed by atoms with Crippen molar-refractivity contribution in [2.24, 2.45) is 5.41 Å². The molecule has 0 unspecified atom stereocenters. The minimum Gasteiger partial charge on any atom is -0.481 e. The number of hydrogen-bond acceptors (Lipinski definition) is 3. The average Bonchev–Trinajstić information content (AvgIpc) is 2.76. The fourth-order valence-electron chi connectivity index (χ4n) is 1.44. The predicted octanol–water partition coefficient (Wildman–Crippen LogP) is 2.72. The maximum Gasteiger partial charge on any atom is 0.309 e. The highest BCUT2D eigenvalue weighted by atomic mass is 32.1. The van der Waals surface area contributed by atoms with Crippen LogP contribution in [0.25, 0.3) is 0 Å². The van der Waals surface area contributed by atoms with Crippen LogP contribution in [0.2, 0.25) is 0 Å². The maximum atomic E-state index is 11.0. The molecule has 1 rings (SSSR count). The van der Waals surface area contributed by atoms with E-state index in [-0.39, 0.29) is 0 Å². The largest absolute Gasteiger partial charge is 0.481 e. The number of carbonyl (C=O) groups is 1. The average molecular weight is 255 g/mol. The molecule has 0 amide bonds. The summed E-state index contributed by atoms with van der Waals surface area (Å²) in [7, 11) is 2.05. The van der Waals surface area contributed by atoms with Gasteiger partial charge in [0.05, 0.1) is 5.41 Å². The molecule has 3 nitrogen and oxygen atoms in total. The van der Waals surface area contributed by atoms with E-state index in [2.05, 4.69) is 22.4 Å². The van der Waals surface area contributed by atoms with Gasteiger partial charge in [-0.3, -0.25) is 4.79 Å². The molecule has 0 radical (unpaired) electrons. The summed E-state index contributed by atoms with van der Waals surface area (Å²) in [5, 5.41) is 11.1. The van der Waals surface area contributed by atoms with E-state index in [1.165, 1.54) is 4.88 Å². The van der Waals surface area contributed by atoms with Crippen LogP contribution in [0, 0.1) is 5.41 Å². The van der Waals surface area contributed by atoms with E-state index in [1.807, 2.05) is 7.05 Å². The van der Waals surface area contributed by atoms with Gasteiger partial charge in [0, 0.05) is 11.4 Å². The highest BCUT2D eigenvalue weighted by molar-refractivity contribution is 7.09. The normalized spacial score (nSPS) is 12.0. The van der Waals surface area contributed by atoms with Crippen LogP contribution in [-0.4, -0.2) is 36.1 Å². The van der Waals surface area contributed by atoms with Crippen molar-refractivity contribution in [2.75, 3.05) is 20.1 Å². The van der Waals surface area contributed by atoms with Gasteiger partial charge in [0.15, 0.2) is 0 Å². The van der Waals surface area contributed by atoms with E-state index in [1.54, 1.807) is 25.2 Å². The Hall–Kier alpha value is -0.870. The van der Waals surface area contributed by atoms with Crippen LogP contribution in [0.15, 0.2) is 17.5 Å². The quantitative estimate of drug-likeness (QED) is 0.814. The van der Waals surface area contributed by atoms with Crippen molar-refractivity contribution in [1.82, 2.24) is 4.90 Å². The summed E-state index contributed by atoms with van der Waals surface area (Å²) in [5.74, 6) is -0.718. The van der Waals surface area contributed by atoms with Gasteiger partial charge in [0.25, 0.3) is 0 Å². The molecular weight excluding hydrogens is 234 g/mol. The van der Waals surface area contributed by atoms with Gasteiger partial charge in [-0.05, 0) is 51.7 Å². The lowest BCUT2D eigenvalue weighted by Gasteiger charge is -2.23. The molecule has 0 aromatic carbocycles. The first-order valence-corrected chi connectivity index (χ1v) is 6.74. The number of carboxylic acids is 1. The van der Waals surface area contributed by atoms with Crippen molar-refractivity contribution in [2.45, 2.75) is 26.7 Å². The lowest BCUT2D eigenvalue weighted by atomic mass is 9.89. The van der Waals surface area contributed by atoms with Gasteiger partial charge in [0.1, 0.15) is 0 Å². The Morgan fingerprint density at radius 1 is 1.47 bits per heavy atom. The third kappa shape index (κ3) is 4.88. The maximum absolute atomic E-state index is 11.0. The number of likely N-dealkylation sites (N-methyl/N-ethyl adjacent to an activating group) is 1. The van der Waals surface area contributed by atoms with Gasteiger partial charge in [0.2, 0.25) is 0 Å². The number of thiophene rings is 1. The highest BCUT2D eigenvalue weighted by Gasteiger charge is 2.26. The van der Waals surface area contributed by atoms with E-state index in [4.69, 9.17) is 5.11 Å². The second-order valence-corrected chi connectivity index (χ2v) is 6.10. The number of nitrogens with zero attached hydrogens (tertiary/aromatic N) is 1. The van der Waals surface area contributed by atoms with E-state index in [9.17, 15) is 4.79 Å². The smallest absolute Gasteiger partial charge is 0.309 e. The third-order valence-corrected chi connectivity index (χ3v) is 3.95. The molecule has 0 fully saturated rings. The van der Waals surface area contributed by atoms with Gasteiger partial charge >= 0.3 is 5.97 Å². The minimum absolute atomic E-state index is 0.628. The van der Waals surface area contributed by atoms with E-state index in [0.29, 0.717) is 6.42 Å². The molecule has 4 heteroatoms. The monoisotopic (exact) mass is 255 g/mol. The van der Waals surface area contributed by atoms with Crippen LogP contribution >= 0.6 is 11.3 Å². The number of carboxylic acid groups (broad SMARTS) is 1.